The SMILES string of the molecule is CN(C)CCS(=O)(=O)N1Cc2cc(C#N)ccc2NCC1Cc1ccccc1. The zero-order valence-electron chi connectivity index (χ0n) is 16.3. The molecule has 28 heavy (non-hydrogen) atoms. The van der Waals surface area contributed by atoms with E-state index >= 15 is 0 Å². The molecular formula is C21H26N4O2S. The minimum atomic E-state index is -3.46. The molecule has 1 aliphatic rings. The Labute approximate surface area is 167 Å². The predicted octanol–water partition coefficient (Wildman–Crippen LogP) is 2.29. The number of fused-ring (bicyclic) bond motifs is 1. The number of hydrogen-bond donors (Lipinski definition) is 1. The lowest BCUT2D eigenvalue weighted by Crippen LogP contribution is -2.45. The van der Waals surface area contributed by atoms with Gasteiger partial charge in [0.05, 0.1) is 17.4 Å². The van der Waals surface area contributed by atoms with Crippen molar-refractivity contribution >= 4 is 15.7 Å². The Balaban J connectivity index is 1.94. The second-order valence-electron chi connectivity index (χ2n) is 7.37. The Bertz CT molecular complexity index is 952. The van der Waals surface area contributed by atoms with Gasteiger partial charge in [-0.25, -0.2) is 8.42 Å². The summed E-state index contributed by atoms with van der Waals surface area (Å²) < 4.78 is 28.0. The molecule has 6 nitrogen and oxygen atoms in total. The number of nitriles is 1. The average molecular weight is 399 g/mol. The Morgan fingerprint density at radius 2 is 1.96 bits per heavy atom. The Kier molecular flexibility index (Phi) is 6.35. The summed E-state index contributed by atoms with van der Waals surface area (Å²) in [5, 5.41) is 12.6. The number of nitrogens with zero attached hydrogens (tertiary/aromatic N) is 3. The van der Waals surface area contributed by atoms with Crippen molar-refractivity contribution in [2.45, 2.75) is 19.0 Å². The fourth-order valence-electron chi connectivity index (χ4n) is 3.39. The van der Waals surface area contributed by atoms with Crippen LogP contribution in [0, 0.1) is 11.3 Å². The van der Waals surface area contributed by atoms with Gasteiger partial charge < -0.3 is 10.2 Å². The number of nitrogens with one attached hydrogen (secondary N) is 1. The largest absolute Gasteiger partial charge is 0.383 e. The Morgan fingerprint density at radius 3 is 2.64 bits per heavy atom. The topological polar surface area (TPSA) is 76.4 Å². The van der Waals surface area contributed by atoms with Crippen LogP contribution in [0.4, 0.5) is 5.69 Å². The van der Waals surface area contributed by atoms with E-state index in [0.717, 1.165) is 16.8 Å². The molecule has 0 bridgehead atoms. The van der Waals surface area contributed by atoms with Gasteiger partial charge in [-0.1, -0.05) is 30.3 Å². The molecule has 0 fully saturated rings. The van der Waals surface area contributed by atoms with E-state index in [2.05, 4.69) is 11.4 Å². The van der Waals surface area contributed by atoms with Crippen molar-refractivity contribution in [1.82, 2.24) is 9.21 Å². The lowest BCUT2D eigenvalue weighted by Gasteiger charge is -2.29. The molecule has 0 amide bonds. The number of hydrogen-bond acceptors (Lipinski definition) is 5. The van der Waals surface area contributed by atoms with Crippen LogP contribution in [0.2, 0.25) is 0 Å². The van der Waals surface area contributed by atoms with Crippen LogP contribution in [0.25, 0.3) is 0 Å². The molecule has 3 rings (SSSR count). The standard InChI is InChI=1S/C21H26N4O2S/c1-24(2)10-11-28(26,27)25-16-19-12-18(14-22)8-9-21(19)23-15-20(25)13-17-6-4-3-5-7-17/h3-9,12,20,23H,10-11,13,15-16H2,1-2H3. The molecule has 0 saturated carbocycles. The number of rotatable bonds is 6. The van der Waals surface area contributed by atoms with Crippen molar-refractivity contribution < 1.29 is 8.42 Å². The van der Waals surface area contributed by atoms with Crippen molar-refractivity contribution in [1.29, 1.82) is 5.26 Å². The quantitative estimate of drug-likeness (QED) is 0.808. The van der Waals surface area contributed by atoms with E-state index < -0.39 is 10.0 Å². The van der Waals surface area contributed by atoms with E-state index in [1.807, 2.05) is 55.4 Å². The first-order chi connectivity index (χ1) is 13.4. The number of sulfonamides is 1. The molecule has 0 saturated heterocycles. The zero-order chi connectivity index (χ0) is 20.1. The van der Waals surface area contributed by atoms with Crippen molar-refractivity contribution in [2.75, 3.05) is 38.3 Å². The van der Waals surface area contributed by atoms with Crippen LogP contribution >= 0.6 is 0 Å². The molecule has 1 N–H and O–H groups in total. The molecule has 1 unspecified atom stereocenters. The molecule has 7 heteroatoms. The lowest BCUT2D eigenvalue weighted by molar-refractivity contribution is 0.322. The third kappa shape index (κ3) is 4.90. The van der Waals surface area contributed by atoms with Crippen molar-refractivity contribution in [2.24, 2.45) is 0 Å². The van der Waals surface area contributed by atoms with E-state index in [1.54, 1.807) is 16.4 Å². The second-order valence-corrected chi connectivity index (χ2v) is 9.41. The molecule has 0 spiro atoms. The molecule has 2 aromatic carbocycles. The van der Waals surface area contributed by atoms with E-state index in [4.69, 9.17) is 0 Å². The number of anilines is 1. The highest BCUT2D eigenvalue weighted by molar-refractivity contribution is 7.89. The molecule has 148 valence electrons. The maximum atomic E-state index is 13.2. The van der Waals surface area contributed by atoms with Crippen molar-refractivity contribution in [3.05, 3.63) is 65.2 Å². The summed E-state index contributed by atoms with van der Waals surface area (Å²) in [6, 6.07) is 17.3. The number of benzene rings is 2. The van der Waals surface area contributed by atoms with Gasteiger partial charge in [0.25, 0.3) is 0 Å². The van der Waals surface area contributed by atoms with Crippen molar-refractivity contribution in [3.8, 4) is 6.07 Å². The molecule has 0 radical (unpaired) electrons. The summed E-state index contributed by atoms with van der Waals surface area (Å²) in [5.74, 6) is 0.0680. The summed E-state index contributed by atoms with van der Waals surface area (Å²) in [6.45, 7) is 1.26. The normalized spacial score (nSPS) is 17.4. The zero-order valence-corrected chi connectivity index (χ0v) is 17.1. The maximum absolute atomic E-state index is 13.2. The maximum Gasteiger partial charge on any atom is 0.215 e. The van der Waals surface area contributed by atoms with E-state index in [-0.39, 0.29) is 18.3 Å². The van der Waals surface area contributed by atoms with Gasteiger partial charge in [-0.3, -0.25) is 0 Å². The van der Waals surface area contributed by atoms with Gasteiger partial charge in [-0.15, -0.1) is 0 Å². The van der Waals surface area contributed by atoms with E-state index in [0.29, 0.717) is 25.1 Å². The summed E-state index contributed by atoms with van der Waals surface area (Å²) in [5.41, 5.74) is 3.36. The minimum absolute atomic E-state index is 0.0680. The van der Waals surface area contributed by atoms with Crippen LogP contribution in [-0.2, 0) is 23.0 Å². The first kappa shape index (κ1) is 20.3. The first-order valence-electron chi connectivity index (χ1n) is 9.34. The highest BCUT2D eigenvalue weighted by Crippen LogP contribution is 2.27. The van der Waals surface area contributed by atoms with Crippen LogP contribution in [0.15, 0.2) is 48.5 Å². The van der Waals surface area contributed by atoms with Gasteiger partial charge in [0.15, 0.2) is 0 Å². The molecule has 0 aromatic heterocycles. The Hall–Kier alpha value is -2.40. The Morgan fingerprint density at radius 1 is 1.21 bits per heavy atom. The highest BCUT2D eigenvalue weighted by atomic mass is 32.2. The van der Waals surface area contributed by atoms with E-state index in [1.165, 1.54) is 0 Å². The second kappa shape index (κ2) is 8.74. The van der Waals surface area contributed by atoms with Gasteiger partial charge in [0, 0.05) is 31.4 Å². The van der Waals surface area contributed by atoms with Gasteiger partial charge in [0.1, 0.15) is 0 Å². The van der Waals surface area contributed by atoms with Gasteiger partial charge >= 0.3 is 0 Å². The summed E-state index contributed by atoms with van der Waals surface area (Å²) in [7, 11) is 0.276. The fraction of sp³-hybridized carbons (Fsp3) is 0.381. The molecule has 2 aromatic rings. The van der Waals surface area contributed by atoms with E-state index in [9.17, 15) is 13.7 Å². The summed E-state index contributed by atoms with van der Waals surface area (Å²) in [4.78, 5) is 1.88. The molecular weight excluding hydrogens is 372 g/mol. The van der Waals surface area contributed by atoms with Gasteiger partial charge in [-0.05, 0) is 49.8 Å². The summed E-state index contributed by atoms with van der Waals surface area (Å²) in [6.07, 6.45) is 0.633. The van der Waals surface area contributed by atoms with Crippen LogP contribution in [-0.4, -0.2) is 56.6 Å². The van der Waals surface area contributed by atoms with Gasteiger partial charge in [0.2, 0.25) is 10.0 Å². The van der Waals surface area contributed by atoms with Gasteiger partial charge in [-0.2, -0.15) is 9.57 Å². The third-order valence-corrected chi connectivity index (χ3v) is 6.80. The van der Waals surface area contributed by atoms with Crippen LogP contribution in [0.3, 0.4) is 0 Å². The predicted molar refractivity (Wildman–Crippen MR) is 111 cm³/mol. The average Bonchev–Trinajstić information content (AvgIpc) is 2.87. The smallest absolute Gasteiger partial charge is 0.215 e. The lowest BCUT2D eigenvalue weighted by atomic mass is 10.1. The van der Waals surface area contributed by atoms with Crippen LogP contribution in [0.5, 0.6) is 0 Å². The third-order valence-electron chi connectivity index (χ3n) is 4.96. The monoisotopic (exact) mass is 398 g/mol. The highest BCUT2D eigenvalue weighted by Gasteiger charge is 2.33. The molecule has 1 heterocycles. The molecule has 1 atom stereocenters. The van der Waals surface area contributed by atoms with Crippen LogP contribution in [0.1, 0.15) is 16.7 Å². The fourth-order valence-corrected chi connectivity index (χ4v) is 5.16. The summed E-state index contributed by atoms with van der Waals surface area (Å²) >= 11 is 0. The van der Waals surface area contributed by atoms with Crippen molar-refractivity contribution in [3.63, 3.8) is 0 Å². The molecule has 0 aliphatic carbocycles. The molecule has 1 aliphatic heterocycles. The first-order valence-corrected chi connectivity index (χ1v) is 10.9. The minimum Gasteiger partial charge on any atom is -0.383 e. The van der Waals surface area contributed by atoms with Crippen LogP contribution < -0.4 is 5.32 Å².